The fourth-order valence-corrected chi connectivity index (χ4v) is 2.05. The predicted molar refractivity (Wildman–Crippen MR) is 66.6 cm³/mol. The molecule has 3 N–H and O–H groups in total. The highest BCUT2D eigenvalue weighted by Crippen LogP contribution is 2.23. The molecule has 0 aliphatic carbocycles. The molecule has 0 aliphatic rings. The van der Waals surface area contributed by atoms with Crippen LogP contribution in [-0.2, 0) is 4.79 Å². The first-order valence-electron chi connectivity index (χ1n) is 5.89. The van der Waals surface area contributed by atoms with Gasteiger partial charge in [-0.2, -0.15) is 0 Å². The molecule has 4 heteroatoms. The average molecular weight is 230 g/mol. The number of carboxylic acids is 1. The van der Waals surface area contributed by atoms with E-state index in [1.807, 2.05) is 0 Å². The van der Waals surface area contributed by atoms with Crippen molar-refractivity contribution in [2.45, 2.75) is 40.2 Å². The molecule has 0 bridgehead atoms. The zero-order valence-corrected chi connectivity index (χ0v) is 11.1. The van der Waals surface area contributed by atoms with Gasteiger partial charge in [0, 0.05) is 13.1 Å². The molecule has 1 atom stereocenters. The van der Waals surface area contributed by atoms with E-state index in [9.17, 15) is 4.79 Å². The van der Waals surface area contributed by atoms with Crippen LogP contribution in [0.5, 0.6) is 0 Å². The number of carbonyl (C=O) groups is 1. The fourth-order valence-electron chi connectivity index (χ4n) is 2.05. The molecular weight excluding hydrogens is 204 g/mol. The van der Waals surface area contributed by atoms with Crippen molar-refractivity contribution in [1.82, 2.24) is 10.6 Å². The van der Waals surface area contributed by atoms with Crippen molar-refractivity contribution in [3.05, 3.63) is 0 Å². The lowest BCUT2D eigenvalue weighted by atomic mass is 9.84. The second-order valence-corrected chi connectivity index (χ2v) is 5.57. The second kappa shape index (κ2) is 6.86. The van der Waals surface area contributed by atoms with Gasteiger partial charge in [0.25, 0.3) is 0 Å². The van der Waals surface area contributed by atoms with Gasteiger partial charge < -0.3 is 15.7 Å². The number of nitrogens with one attached hydrogen (secondary N) is 2. The fraction of sp³-hybridized carbons (Fsp3) is 0.917. The first-order valence-corrected chi connectivity index (χ1v) is 5.89. The Bertz CT molecular complexity index is 215. The van der Waals surface area contributed by atoms with Crippen molar-refractivity contribution >= 4 is 5.97 Å². The highest BCUT2D eigenvalue weighted by atomic mass is 16.4. The molecule has 1 unspecified atom stereocenters. The summed E-state index contributed by atoms with van der Waals surface area (Å²) in [5, 5.41) is 14.8. The maximum absolute atomic E-state index is 10.8. The minimum absolute atomic E-state index is 0.213. The van der Waals surface area contributed by atoms with Crippen LogP contribution in [0.1, 0.15) is 34.1 Å². The van der Waals surface area contributed by atoms with Crippen LogP contribution in [0.15, 0.2) is 0 Å². The molecule has 0 spiro atoms. The van der Waals surface area contributed by atoms with Crippen molar-refractivity contribution in [1.29, 1.82) is 0 Å². The molecule has 0 aliphatic heterocycles. The molecule has 96 valence electrons. The normalized spacial score (nSPS) is 14.1. The standard InChI is InChI=1S/C12H26N2O2/c1-9(2)6-12(3,4)8-14-7-10(13-5)11(15)16/h9-10,13-14H,6-8H2,1-5H3,(H,15,16). The maximum atomic E-state index is 10.8. The molecular formula is C12H26N2O2. The third kappa shape index (κ3) is 6.80. The molecule has 0 amide bonds. The molecule has 0 aromatic carbocycles. The monoisotopic (exact) mass is 230 g/mol. The van der Waals surface area contributed by atoms with Gasteiger partial charge in [-0.3, -0.25) is 4.79 Å². The van der Waals surface area contributed by atoms with Crippen LogP contribution in [0.2, 0.25) is 0 Å². The molecule has 0 fully saturated rings. The number of likely N-dealkylation sites (N-methyl/N-ethyl adjacent to an activating group) is 1. The Kier molecular flexibility index (Phi) is 6.60. The average Bonchev–Trinajstić information content (AvgIpc) is 2.09. The summed E-state index contributed by atoms with van der Waals surface area (Å²) in [5.74, 6) is -0.145. The van der Waals surface area contributed by atoms with Crippen LogP contribution < -0.4 is 10.6 Å². The van der Waals surface area contributed by atoms with Gasteiger partial charge >= 0.3 is 5.97 Å². The van der Waals surface area contributed by atoms with Crippen molar-refractivity contribution in [2.75, 3.05) is 20.1 Å². The Balaban J connectivity index is 3.91. The Morgan fingerprint density at radius 2 is 1.94 bits per heavy atom. The van der Waals surface area contributed by atoms with Crippen LogP contribution >= 0.6 is 0 Å². The highest BCUT2D eigenvalue weighted by Gasteiger charge is 2.20. The molecule has 0 saturated heterocycles. The number of aliphatic carboxylic acids is 1. The zero-order valence-electron chi connectivity index (χ0n) is 11.1. The van der Waals surface area contributed by atoms with Crippen LogP contribution in [-0.4, -0.2) is 37.3 Å². The van der Waals surface area contributed by atoms with Gasteiger partial charge in [0.2, 0.25) is 0 Å². The van der Waals surface area contributed by atoms with Crippen LogP contribution in [0.4, 0.5) is 0 Å². The van der Waals surface area contributed by atoms with Gasteiger partial charge in [0.1, 0.15) is 6.04 Å². The zero-order chi connectivity index (χ0) is 12.8. The predicted octanol–water partition coefficient (Wildman–Crippen LogP) is 1.32. The number of hydrogen-bond acceptors (Lipinski definition) is 3. The minimum Gasteiger partial charge on any atom is -0.480 e. The van der Waals surface area contributed by atoms with Crippen molar-refractivity contribution < 1.29 is 9.90 Å². The van der Waals surface area contributed by atoms with Crippen molar-refractivity contribution in [3.8, 4) is 0 Å². The Morgan fingerprint density at radius 1 is 1.38 bits per heavy atom. The highest BCUT2D eigenvalue weighted by molar-refractivity contribution is 5.73. The van der Waals surface area contributed by atoms with E-state index in [-0.39, 0.29) is 5.41 Å². The minimum atomic E-state index is -0.809. The number of rotatable bonds is 8. The van der Waals surface area contributed by atoms with E-state index in [0.717, 1.165) is 13.0 Å². The van der Waals surface area contributed by atoms with E-state index in [1.54, 1.807) is 7.05 Å². The summed E-state index contributed by atoms with van der Waals surface area (Å²) in [6.45, 7) is 10.1. The van der Waals surface area contributed by atoms with Crippen LogP contribution in [0.3, 0.4) is 0 Å². The lowest BCUT2D eigenvalue weighted by Gasteiger charge is -2.27. The Morgan fingerprint density at radius 3 is 2.31 bits per heavy atom. The molecule has 16 heavy (non-hydrogen) atoms. The topological polar surface area (TPSA) is 61.4 Å². The molecule has 0 aromatic heterocycles. The summed E-state index contributed by atoms with van der Waals surface area (Å²) in [4.78, 5) is 10.8. The third-order valence-electron chi connectivity index (χ3n) is 2.56. The van der Waals surface area contributed by atoms with E-state index in [0.29, 0.717) is 12.5 Å². The first-order chi connectivity index (χ1) is 7.28. The molecule has 4 nitrogen and oxygen atoms in total. The third-order valence-corrected chi connectivity index (χ3v) is 2.56. The van der Waals surface area contributed by atoms with Gasteiger partial charge in [-0.05, 0) is 24.8 Å². The lowest BCUT2D eigenvalue weighted by molar-refractivity contribution is -0.139. The quantitative estimate of drug-likeness (QED) is 0.588. The molecule has 0 saturated carbocycles. The van der Waals surface area contributed by atoms with Gasteiger partial charge in [0.15, 0.2) is 0 Å². The number of carboxylic acid groups (broad SMARTS) is 1. The largest absolute Gasteiger partial charge is 0.480 e. The van der Waals surface area contributed by atoms with Gasteiger partial charge in [0.05, 0.1) is 0 Å². The molecule has 0 rings (SSSR count). The van der Waals surface area contributed by atoms with Gasteiger partial charge in [-0.1, -0.05) is 27.7 Å². The van der Waals surface area contributed by atoms with Crippen molar-refractivity contribution in [2.24, 2.45) is 11.3 Å². The summed E-state index contributed by atoms with van der Waals surface area (Å²) in [7, 11) is 1.67. The lowest BCUT2D eigenvalue weighted by Crippen LogP contribution is -2.45. The molecule has 0 radical (unpaired) electrons. The Labute approximate surface area is 98.8 Å². The Hall–Kier alpha value is -0.610. The first kappa shape index (κ1) is 15.4. The van der Waals surface area contributed by atoms with Gasteiger partial charge in [-0.15, -0.1) is 0 Å². The SMILES string of the molecule is CNC(CNCC(C)(C)CC(C)C)C(=O)O. The summed E-state index contributed by atoms with van der Waals surface area (Å²) < 4.78 is 0. The van der Waals surface area contributed by atoms with E-state index in [2.05, 4.69) is 38.3 Å². The number of hydrogen-bond donors (Lipinski definition) is 3. The van der Waals surface area contributed by atoms with E-state index >= 15 is 0 Å². The van der Waals surface area contributed by atoms with E-state index < -0.39 is 12.0 Å². The smallest absolute Gasteiger partial charge is 0.322 e. The summed E-state index contributed by atoms with van der Waals surface area (Å²) in [6, 6.07) is -0.505. The maximum Gasteiger partial charge on any atom is 0.322 e. The molecule has 0 aromatic rings. The van der Waals surface area contributed by atoms with E-state index in [4.69, 9.17) is 5.11 Å². The van der Waals surface area contributed by atoms with Crippen LogP contribution in [0, 0.1) is 11.3 Å². The molecule has 0 heterocycles. The van der Waals surface area contributed by atoms with E-state index in [1.165, 1.54) is 0 Å². The summed E-state index contributed by atoms with van der Waals surface area (Å²) in [5.41, 5.74) is 0.213. The van der Waals surface area contributed by atoms with Crippen LogP contribution in [0.25, 0.3) is 0 Å². The van der Waals surface area contributed by atoms with Gasteiger partial charge in [-0.25, -0.2) is 0 Å². The summed E-state index contributed by atoms with van der Waals surface area (Å²) in [6.07, 6.45) is 1.14. The van der Waals surface area contributed by atoms with Crippen molar-refractivity contribution in [3.63, 3.8) is 0 Å². The summed E-state index contributed by atoms with van der Waals surface area (Å²) >= 11 is 0. The second-order valence-electron chi connectivity index (χ2n) is 5.57.